The Morgan fingerprint density at radius 2 is 1.87 bits per heavy atom. The van der Waals surface area contributed by atoms with Crippen LogP contribution in [-0.4, -0.2) is 17.2 Å². The van der Waals surface area contributed by atoms with Crippen molar-refractivity contribution in [3.63, 3.8) is 0 Å². The van der Waals surface area contributed by atoms with Gasteiger partial charge in [-0.05, 0) is 48.6 Å². The molecule has 1 aromatic carbocycles. The number of aliphatic imine (C=N–C) groups is 1. The molecule has 2 aromatic rings. The van der Waals surface area contributed by atoms with Crippen LogP contribution in [0.1, 0.15) is 30.5 Å². The maximum absolute atomic E-state index is 6.13. The lowest BCUT2D eigenvalue weighted by Gasteiger charge is -2.11. The lowest BCUT2D eigenvalue weighted by Crippen LogP contribution is -2.01. The molecule has 0 amide bonds. The largest absolute Gasteiger partial charge is 0.383 e. The number of anilines is 1. The molecule has 3 heteroatoms. The van der Waals surface area contributed by atoms with Crippen LogP contribution in [-0.2, 0) is 0 Å². The summed E-state index contributed by atoms with van der Waals surface area (Å²) >= 11 is 0. The third-order valence-corrected chi connectivity index (χ3v) is 4.31. The molecule has 0 fully saturated rings. The molecule has 1 aromatic heterocycles. The van der Waals surface area contributed by atoms with Gasteiger partial charge < -0.3 is 5.73 Å². The van der Waals surface area contributed by atoms with E-state index in [2.05, 4.69) is 68.0 Å². The highest BCUT2D eigenvalue weighted by atomic mass is 14.8. The molecule has 0 saturated carbocycles. The second kappa shape index (κ2) is 5.99. The molecule has 3 rings (SSSR count). The zero-order chi connectivity index (χ0) is 16.6. The van der Waals surface area contributed by atoms with Gasteiger partial charge in [-0.25, -0.2) is 4.98 Å². The van der Waals surface area contributed by atoms with E-state index in [1.807, 2.05) is 6.20 Å². The summed E-state index contributed by atoms with van der Waals surface area (Å²) in [5.74, 6) is 1.01. The quantitative estimate of drug-likeness (QED) is 0.911. The smallest absolute Gasteiger partial charge is 0.131 e. The van der Waals surface area contributed by atoms with Crippen LogP contribution in [0.4, 0.5) is 5.82 Å². The summed E-state index contributed by atoms with van der Waals surface area (Å²) in [5, 5.41) is 0. The molecule has 0 bridgehead atoms. The minimum absolute atomic E-state index is 0.434. The average molecular weight is 305 g/mol. The number of benzene rings is 1. The minimum atomic E-state index is 0.434. The van der Waals surface area contributed by atoms with Crippen molar-refractivity contribution < 1.29 is 0 Å². The van der Waals surface area contributed by atoms with Gasteiger partial charge in [0.25, 0.3) is 0 Å². The number of nitrogen functional groups attached to an aromatic ring is 1. The topological polar surface area (TPSA) is 51.3 Å². The number of nitrogens with zero attached hydrogens (tertiary/aromatic N) is 2. The highest BCUT2D eigenvalue weighted by Gasteiger charge is 2.16. The molecular formula is C20H23N3. The summed E-state index contributed by atoms with van der Waals surface area (Å²) in [5.41, 5.74) is 14.2. The summed E-state index contributed by atoms with van der Waals surface area (Å²) in [7, 11) is 0. The van der Waals surface area contributed by atoms with E-state index < -0.39 is 0 Å². The molecule has 0 aliphatic carbocycles. The first-order valence-corrected chi connectivity index (χ1v) is 8.04. The van der Waals surface area contributed by atoms with E-state index in [9.17, 15) is 0 Å². The maximum atomic E-state index is 6.13. The SMILES string of the molecule is Cc1ccc(C)c(-c2cnc(N)c(C3=CC(C(C)C)=NC3)c2)c1. The Morgan fingerprint density at radius 1 is 1.09 bits per heavy atom. The van der Waals surface area contributed by atoms with Crippen molar-refractivity contribution in [2.24, 2.45) is 10.9 Å². The molecular weight excluding hydrogens is 282 g/mol. The number of allylic oxidation sites excluding steroid dienone is 1. The van der Waals surface area contributed by atoms with Gasteiger partial charge in [-0.15, -0.1) is 0 Å². The van der Waals surface area contributed by atoms with Gasteiger partial charge in [-0.2, -0.15) is 0 Å². The van der Waals surface area contributed by atoms with Crippen molar-refractivity contribution in [2.75, 3.05) is 12.3 Å². The number of hydrogen-bond acceptors (Lipinski definition) is 3. The van der Waals surface area contributed by atoms with Crippen molar-refractivity contribution in [1.82, 2.24) is 4.98 Å². The summed E-state index contributed by atoms with van der Waals surface area (Å²) in [6, 6.07) is 8.63. The molecule has 1 aliphatic rings. The van der Waals surface area contributed by atoms with E-state index in [-0.39, 0.29) is 0 Å². The third-order valence-electron chi connectivity index (χ3n) is 4.31. The summed E-state index contributed by atoms with van der Waals surface area (Å²) < 4.78 is 0. The van der Waals surface area contributed by atoms with Crippen LogP contribution in [0.5, 0.6) is 0 Å². The van der Waals surface area contributed by atoms with Crippen molar-refractivity contribution in [3.05, 3.63) is 53.2 Å². The molecule has 0 unspecified atom stereocenters. The second-order valence-electron chi connectivity index (χ2n) is 6.54. The van der Waals surface area contributed by atoms with E-state index in [0.29, 0.717) is 18.3 Å². The minimum Gasteiger partial charge on any atom is -0.383 e. The fourth-order valence-electron chi connectivity index (χ4n) is 2.89. The number of aromatic nitrogens is 1. The van der Waals surface area contributed by atoms with Crippen molar-refractivity contribution in [3.8, 4) is 11.1 Å². The van der Waals surface area contributed by atoms with Crippen LogP contribution in [0.25, 0.3) is 16.7 Å². The van der Waals surface area contributed by atoms with Gasteiger partial charge in [0.1, 0.15) is 5.82 Å². The molecule has 0 radical (unpaired) electrons. The monoisotopic (exact) mass is 305 g/mol. The van der Waals surface area contributed by atoms with Gasteiger partial charge in [0.05, 0.1) is 6.54 Å². The second-order valence-corrected chi connectivity index (χ2v) is 6.54. The van der Waals surface area contributed by atoms with E-state index >= 15 is 0 Å². The molecule has 0 atom stereocenters. The number of hydrogen-bond donors (Lipinski definition) is 1. The maximum Gasteiger partial charge on any atom is 0.131 e. The van der Waals surface area contributed by atoms with Gasteiger partial charge in [-0.1, -0.05) is 37.6 Å². The predicted octanol–water partition coefficient (Wildman–Crippen LogP) is 4.44. The Morgan fingerprint density at radius 3 is 2.57 bits per heavy atom. The summed E-state index contributed by atoms with van der Waals surface area (Å²) in [4.78, 5) is 9.04. The molecule has 0 saturated heterocycles. The average Bonchev–Trinajstić information content (AvgIpc) is 3.00. The highest BCUT2D eigenvalue weighted by molar-refractivity contribution is 6.06. The van der Waals surface area contributed by atoms with Crippen molar-refractivity contribution >= 4 is 17.1 Å². The predicted molar refractivity (Wildman–Crippen MR) is 98.7 cm³/mol. The number of rotatable bonds is 3. The van der Waals surface area contributed by atoms with E-state index in [0.717, 1.165) is 22.4 Å². The Kier molecular flexibility index (Phi) is 4.03. The lowest BCUT2D eigenvalue weighted by molar-refractivity contribution is 0.887. The summed E-state index contributed by atoms with van der Waals surface area (Å²) in [6.07, 6.45) is 4.02. The van der Waals surface area contributed by atoms with Crippen molar-refractivity contribution in [2.45, 2.75) is 27.7 Å². The van der Waals surface area contributed by atoms with E-state index in [1.54, 1.807) is 0 Å². The zero-order valence-electron chi connectivity index (χ0n) is 14.2. The molecule has 0 spiro atoms. The first-order chi connectivity index (χ1) is 11.0. The first-order valence-electron chi connectivity index (χ1n) is 8.04. The van der Waals surface area contributed by atoms with Gasteiger partial charge in [-0.3, -0.25) is 4.99 Å². The Balaban J connectivity index is 2.04. The van der Waals surface area contributed by atoms with Crippen LogP contribution in [0.3, 0.4) is 0 Å². The Bertz CT molecular complexity index is 814. The standard InChI is InChI=1S/C20H23N3/c1-12(2)19-9-16(10-22-19)18-8-15(11-23-20(18)21)17-7-13(3)5-6-14(17)4/h5-9,11-12H,10H2,1-4H3,(H2,21,23). The van der Waals surface area contributed by atoms with Gasteiger partial charge in [0, 0.05) is 23.0 Å². The lowest BCUT2D eigenvalue weighted by atomic mass is 9.96. The Labute approximate surface area is 138 Å². The number of aryl methyl sites for hydroxylation is 2. The fourth-order valence-corrected chi connectivity index (χ4v) is 2.89. The van der Waals surface area contributed by atoms with Crippen LogP contribution in [0, 0.1) is 19.8 Å². The molecule has 2 heterocycles. The Hall–Kier alpha value is -2.42. The summed E-state index contributed by atoms with van der Waals surface area (Å²) in [6.45, 7) is 9.24. The van der Waals surface area contributed by atoms with Gasteiger partial charge in [0.2, 0.25) is 0 Å². The van der Waals surface area contributed by atoms with E-state index in [4.69, 9.17) is 5.73 Å². The van der Waals surface area contributed by atoms with E-state index in [1.165, 1.54) is 16.7 Å². The molecule has 3 nitrogen and oxygen atoms in total. The van der Waals surface area contributed by atoms with Crippen LogP contribution in [0.2, 0.25) is 0 Å². The number of pyridine rings is 1. The van der Waals surface area contributed by atoms with Crippen LogP contribution >= 0.6 is 0 Å². The van der Waals surface area contributed by atoms with Crippen LogP contribution < -0.4 is 5.73 Å². The molecule has 23 heavy (non-hydrogen) atoms. The number of nitrogens with two attached hydrogens (primary N) is 1. The van der Waals surface area contributed by atoms with Gasteiger partial charge in [0.15, 0.2) is 0 Å². The normalized spacial score (nSPS) is 14.1. The molecule has 1 aliphatic heterocycles. The highest BCUT2D eigenvalue weighted by Crippen LogP contribution is 2.31. The van der Waals surface area contributed by atoms with Gasteiger partial charge >= 0.3 is 0 Å². The third kappa shape index (κ3) is 3.04. The van der Waals surface area contributed by atoms with Crippen molar-refractivity contribution in [1.29, 1.82) is 0 Å². The zero-order valence-corrected chi connectivity index (χ0v) is 14.2. The van der Waals surface area contributed by atoms with Crippen LogP contribution in [0.15, 0.2) is 41.5 Å². The first kappa shape index (κ1) is 15.5. The fraction of sp³-hybridized carbons (Fsp3) is 0.300. The molecule has 118 valence electrons. The molecule has 2 N–H and O–H groups in total.